The number of rotatable bonds is 3. The fourth-order valence-electron chi connectivity index (χ4n) is 2.11. The molecule has 0 saturated heterocycles. The topological polar surface area (TPSA) is 89.4 Å². The van der Waals surface area contributed by atoms with Gasteiger partial charge in [-0.1, -0.05) is 17.7 Å². The van der Waals surface area contributed by atoms with E-state index in [1.165, 1.54) is 12.4 Å². The first-order valence-electron chi connectivity index (χ1n) is 6.24. The van der Waals surface area contributed by atoms with Gasteiger partial charge in [-0.3, -0.25) is 0 Å². The number of nitrogens with zero attached hydrogens (tertiary/aromatic N) is 2. The number of ether oxygens (including phenoxy) is 1. The Morgan fingerprint density at radius 1 is 1.00 bits per heavy atom. The Kier molecular flexibility index (Phi) is 3.98. The maximum atomic E-state index is 12.1. The zero-order valence-corrected chi connectivity index (χ0v) is 11.9. The Balaban J connectivity index is 2.38. The summed E-state index contributed by atoms with van der Waals surface area (Å²) in [7, 11) is 0. The van der Waals surface area contributed by atoms with E-state index in [0.29, 0.717) is 5.75 Å². The molecular weight excluding hydrogens is 272 g/mol. The fraction of sp³-hybridized carbons (Fsp3) is 0.200. The number of carbonyl (C=O) groups excluding carboxylic acids is 1. The highest BCUT2D eigenvalue weighted by atomic mass is 16.5. The van der Waals surface area contributed by atoms with Crippen molar-refractivity contribution in [1.82, 2.24) is 9.97 Å². The van der Waals surface area contributed by atoms with E-state index in [4.69, 9.17) is 9.84 Å². The van der Waals surface area contributed by atoms with Crippen LogP contribution in [0.3, 0.4) is 0 Å². The quantitative estimate of drug-likeness (QED) is 0.688. The van der Waals surface area contributed by atoms with Crippen LogP contribution >= 0.6 is 0 Å². The molecule has 0 saturated carbocycles. The Labute approximate surface area is 121 Å². The zero-order chi connectivity index (χ0) is 15.6. The van der Waals surface area contributed by atoms with Crippen molar-refractivity contribution in [2.24, 2.45) is 0 Å². The van der Waals surface area contributed by atoms with Crippen molar-refractivity contribution in [2.45, 2.75) is 20.8 Å². The molecule has 0 amide bonds. The number of aromatic carboxylic acids is 1. The predicted octanol–water partition coefficient (Wildman–Crippen LogP) is 2.32. The van der Waals surface area contributed by atoms with Crippen LogP contribution in [0, 0.1) is 20.8 Å². The van der Waals surface area contributed by atoms with Gasteiger partial charge in [0.25, 0.3) is 0 Å². The van der Waals surface area contributed by atoms with E-state index in [0.717, 1.165) is 16.7 Å². The summed E-state index contributed by atoms with van der Waals surface area (Å²) in [6.45, 7) is 5.57. The number of esters is 1. The van der Waals surface area contributed by atoms with Crippen molar-refractivity contribution < 1.29 is 19.4 Å². The van der Waals surface area contributed by atoms with Crippen LogP contribution in [0.15, 0.2) is 24.5 Å². The van der Waals surface area contributed by atoms with Gasteiger partial charge in [0.15, 0.2) is 11.4 Å². The van der Waals surface area contributed by atoms with E-state index in [2.05, 4.69) is 9.97 Å². The lowest BCUT2D eigenvalue weighted by atomic mass is 10.1. The number of aryl methyl sites for hydroxylation is 3. The lowest BCUT2D eigenvalue weighted by Crippen LogP contribution is -2.18. The largest absolute Gasteiger partial charge is 0.476 e. The molecule has 0 fully saturated rings. The van der Waals surface area contributed by atoms with E-state index in [1.807, 2.05) is 32.9 Å². The van der Waals surface area contributed by atoms with Gasteiger partial charge in [0.2, 0.25) is 0 Å². The molecule has 108 valence electrons. The first-order valence-corrected chi connectivity index (χ1v) is 6.24. The number of aromatic nitrogens is 2. The number of hydrogen-bond acceptors (Lipinski definition) is 5. The standard InChI is InChI=1S/C15H14N2O4/c1-8-6-9(2)13(10(3)7-8)21-15(20)12-11(14(18)19)16-4-5-17-12/h4-7H,1-3H3,(H,18,19). The third-order valence-electron chi connectivity index (χ3n) is 2.89. The summed E-state index contributed by atoms with van der Waals surface area (Å²) in [5.74, 6) is -1.75. The minimum atomic E-state index is -1.33. The summed E-state index contributed by atoms with van der Waals surface area (Å²) in [4.78, 5) is 30.6. The second-order valence-corrected chi connectivity index (χ2v) is 4.68. The SMILES string of the molecule is Cc1cc(C)c(OC(=O)c2nccnc2C(=O)O)c(C)c1. The molecular formula is C15H14N2O4. The molecule has 6 nitrogen and oxygen atoms in total. The highest BCUT2D eigenvalue weighted by Gasteiger charge is 2.22. The van der Waals surface area contributed by atoms with Crippen LogP contribution in [0.1, 0.15) is 37.7 Å². The molecule has 0 unspecified atom stereocenters. The molecule has 0 spiro atoms. The monoisotopic (exact) mass is 286 g/mol. The van der Waals surface area contributed by atoms with Crippen LogP contribution in [0.4, 0.5) is 0 Å². The van der Waals surface area contributed by atoms with Crippen molar-refractivity contribution in [3.63, 3.8) is 0 Å². The van der Waals surface area contributed by atoms with Crippen molar-refractivity contribution >= 4 is 11.9 Å². The number of carbonyl (C=O) groups is 2. The molecule has 0 aliphatic rings. The lowest BCUT2D eigenvalue weighted by Gasteiger charge is -2.11. The molecule has 0 radical (unpaired) electrons. The molecule has 2 rings (SSSR count). The smallest absolute Gasteiger partial charge is 0.364 e. The highest BCUT2D eigenvalue weighted by molar-refractivity contribution is 6.00. The number of benzene rings is 1. The van der Waals surface area contributed by atoms with E-state index in [9.17, 15) is 9.59 Å². The van der Waals surface area contributed by atoms with Gasteiger partial charge in [-0.15, -0.1) is 0 Å². The van der Waals surface area contributed by atoms with Crippen LogP contribution in [0.2, 0.25) is 0 Å². The molecule has 1 heterocycles. The average molecular weight is 286 g/mol. The highest BCUT2D eigenvalue weighted by Crippen LogP contribution is 2.25. The van der Waals surface area contributed by atoms with Crippen LogP contribution in [0.25, 0.3) is 0 Å². The van der Waals surface area contributed by atoms with Crippen LogP contribution in [-0.4, -0.2) is 27.0 Å². The Bertz CT molecular complexity index is 702. The molecule has 1 N–H and O–H groups in total. The van der Waals surface area contributed by atoms with Crippen LogP contribution in [0.5, 0.6) is 5.75 Å². The maximum absolute atomic E-state index is 12.1. The molecule has 2 aromatic rings. The first-order chi connectivity index (χ1) is 9.90. The molecule has 0 aliphatic heterocycles. The van der Waals surface area contributed by atoms with Crippen molar-refractivity contribution in [3.05, 3.63) is 52.6 Å². The molecule has 6 heteroatoms. The second kappa shape index (κ2) is 5.70. The van der Waals surface area contributed by atoms with E-state index in [1.54, 1.807) is 0 Å². The van der Waals surface area contributed by atoms with E-state index in [-0.39, 0.29) is 5.69 Å². The van der Waals surface area contributed by atoms with E-state index < -0.39 is 17.6 Å². The lowest BCUT2D eigenvalue weighted by molar-refractivity contribution is 0.0657. The predicted molar refractivity (Wildman–Crippen MR) is 74.6 cm³/mol. The van der Waals surface area contributed by atoms with Gasteiger partial charge in [0, 0.05) is 12.4 Å². The Morgan fingerprint density at radius 2 is 1.52 bits per heavy atom. The fourth-order valence-corrected chi connectivity index (χ4v) is 2.11. The third-order valence-corrected chi connectivity index (χ3v) is 2.89. The minimum absolute atomic E-state index is 0.315. The Morgan fingerprint density at radius 3 is 2.05 bits per heavy atom. The second-order valence-electron chi connectivity index (χ2n) is 4.68. The average Bonchev–Trinajstić information content (AvgIpc) is 2.42. The molecule has 1 aromatic heterocycles. The number of carboxylic acid groups (broad SMARTS) is 1. The molecule has 1 aromatic carbocycles. The summed E-state index contributed by atoms with van der Waals surface area (Å²) in [6.07, 6.45) is 2.46. The normalized spacial score (nSPS) is 10.2. The van der Waals surface area contributed by atoms with E-state index >= 15 is 0 Å². The van der Waals surface area contributed by atoms with Gasteiger partial charge in [-0.05, 0) is 31.9 Å². The summed E-state index contributed by atoms with van der Waals surface area (Å²) >= 11 is 0. The third kappa shape index (κ3) is 3.05. The van der Waals surface area contributed by atoms with Crippen LogP contribution < -0.4 is 4.74 Å². The van der Waals surface area contributed by atoms with Gasteiger partial charge >= 0.3 is 11.9 Å². The van der Waals surface area contributed by atoms with Gasteiger partial charge in [-0.2, -0.15) is 0 Å². The van der Waals surface area contributed by atoms with Gasteiger partial charge < -0.3 is 9.84 Å². The molecule has 0 aliphatic carbocycles. The molecule has 0 atom stereocenters. The summed E-state index contributed by atoms with van der Waals surface area (Å²) in [5, 5.41) is 9.02. The van der Waals surface area contributed by atoms with Gasteiger partial charge in [-0.25, -0.2) is 19.6 Å². The number of hydrogen-bond donors (Lipinski definition) is 1. The molecule has 0 bridgehead atoms. The van der Waals surface area contributed by atoms with Crippen molar-refractivity contribution in [1.29, 1.82) is 0 Å². The first kappa shape index (κ1) is 14.6. The number of carboxylic acids is 1. The van der Waals surface area contributed by atoms with Crippen molar-refractivity contribution in [2.75, 3.05) is 0 Å². The summed E-state index contributed by atoms with van der Waals surface area (Å²) < 4.78 is 5.30. The summed E-state index contributed by atoms with van der Waals surface area (Å²) in [5.41, 5.74) is 1.90. The van der Waals surface area contributed by atoms with Crippen molar-refractivity contribution in [3.8, 4) is 5.75 Å². The Hall–Kier alpha value is -2.76. The zero-order valence-electron chi connectivity index (χ0n) is 11.9. The van der Waals surface area contributed by atoms with Crippen LogP contribution in [-0.2, 0) is 0 Å². The minimum Gasteiger partial charge on any atom is -0.476 e. The summed E-state index contributed by atoms with van der Waals surface area (Å²) in [6, 6.07) is 3.76. The maximum Gasteiger partial charge on any atom is 0.364 e. The van der Waals surface area contributed by atoms with Gasteiger partial charge in [0.1, 0.15) is 5.75 Å². The van der Waals surface area contributed by atoms with Gasteiger partial charge in [0.05, 0.1) is 0 Å². The molecule has 21 heavy (non-hydrogen) atoms.